The molecule has 26 heavy (non-hydrogen) atoms. The Morgan fingerprint density at radius 1 is 1.15 bits per heavy atom. The van der Waals surface area contributed by atoms with Crippen LogP contribution in [0.1, 0.15) is 16.7 Å². The quantitative estimate of drug-likeness (QED) is 0.444. The second kappa shape index (κ2) is 6.76. The summed E-state index contributed by atoms with van der Waals surface area (Å²) in [5, 5.41) is 5.45. The number of pyridine rings is 1. The molecule has 0 aliphatic carbocycles. The van der Waals surface area contributed by atoms with E-state index in [4.69, 9.17) is 0 Å². The maximum atomic E-state index is 12.4. The van der Waals surface area contributed by atoms with Crippen molar-refractivity contribution in [1.29, 1.82) is 0 Å². The van der Waals surface area contributed by atoms with Gasteiger partial charge in [0, 0.05) is 18.1 Å². The van der Waals surface area contributed by atoms with Crippen molar-refractivity contribution in [3.63, 3.8) is 0 Å². The Labute approximate surface area is 154 Å². The number of nitrogens with one attached hydrogen (secondary N) is 1. The van der Waals surface area contributed by atoms with Crippen LogP contribution in [0.15, 0.2) is 58.9 Å². The number of nitrogens with zero attached hydrogens (tertiary/aromatic N) is 4. The highest BCUT2D eigenvalue weighted by Crippen LogP contribution is 2.23. The molecule has 1 aromatic carbocycles. The van der Waals surface area contributed by atoms with Crippen LogP contribution in [-0.2, 0) is 5.75 Å². The molecule has 0 saturated carbocycles. The molecule has 0 saturated heterocycles. The second-order valence-corrected chi connectivity index (χ2v) is 7.00. The highest BCUT2D eigenvalue weighted by molar-refractivity contribution is 7.98. The fraction of sp³-hybridized carbons (Fsp3) is 0.158. The summed E-state index contributed by atoms with van der Waals surface area (Å²) in [6.07, 6.45) is 5.12. The van der Waals surface area contributed by atoms with Gasteiger partial charge < -0.3 is 4.98 Å². The average molecular weight is 363 g/mol. The molecule has 130 valence electrons. The van der Waals surface area contributed by atoms with Gasteiger partial charge in [-0.3, -0.25) is 9.78 Å². The summed E-state index contributed by atoms with van der Waals surface area (Å²) in [4.78, 5) is 24.0. The van der Waals surface area contributed by atoms with Crippen molar-refractivity contribution in [1.82, 2.24) is 24.7 Å². The van der Waals surface area contributed by atoms with Gasteiger partial charge in [-0.1, -0.05) is 30.0 Å². The molecule has 0 radical (unpaired) electrons. The number of benzene rings is 1. The monoisotopic (exact) mass is 363 g/mol. The van der Waals surface area contributed by atoms with E-state index in [1.165, 1.54) is 17.3 Å². The normalized spacial score (nSPS) is 11.2. The standard InChI is InChI=1S/C19H17N5OS/c1-12-5-3-7-16(13(12)2)24-17-15(10-21-24)18(25)23-19(22-17)26-11-14-6-4-8-20-9-14/h3-10H,11H2,1-2H3,(H,22,23,25). The lowest BCUT2D eigenvalue weighted by molar-refractivity contribution is 0.865. The minimum absolute atomic E-state index is 0.180. The lowest BCUT2D eigenvalue weighted by atomic mass is 10.1. The molecule has 0 unspecified atom stereocenters. The average Bonchev–Trinajstić information content (AvgIpc) is 3.07. The summed E-state index contributed by atoms with van der Waals surface area (Å²) in [5.74, 6) is 0.680. The Morgan fingerprint density at radius 3 is 2.85 bits per heavy atom. The lowest BCUT2D eigenvalue weighted by Crippen LogP contribution is -2.10. The first kappa shape index (κ1) is 16.5. The van der Waals surface area contributed by atoms with Crippen LogP contribution >= 0.6 is 11.8 Å². The van der Waals surface area contributed by atoms with Crippen molar-refractivity contribution in [2.45, 2.75) is 24.8 Å². The van der Waals surface area contributed by atoms with Crippen molar-refractivity contribution in [2.75, 3.05) is 0 Å². The van der Waals surface area contributed by atoms with Gasteiger partial charge in [-0.2, -0.15) is 5.10 Å². The van der Waals surface area contributed by atoms with Crippen LogP contribution in [0.25, 0.3) is 16.7 Å². The predicted octanol–water partition coefficient (Wildman–Crippen LogP) is 3.41. The zero-order chi connectivity index (χ0) is 18.1. The van der Waals surface area contributed by atoms with Crippen molar-refractivity contribution in [3.05, 3.63) is 76.0 Å². The summed E-state index contributed by atoms with van der Waals surface area (Å²) >= 11 is 1.47. The molecule has 6 nitrogen and oxygen atoms in total. The summed E-state index contributed by atoms with van der Waals surface area (Å²) in [7, 11) is 0. The highest BCUT2D eigenvalue weighted by atomic mass is 32.2. The predicted molar refractivity (Wildman–Crippen MR) is 103 cm³/mol. The number of rotatable bonds is 4. The van der Waals surface area contributed by atoms with Crippen LogP contribution in [0.3, 0.4) is 0 Å². The van der Waals surface area contributed by atoms with Gasteiger partial charge in [-0.25, -0.2) is 9.67 Å². The number of hydrogen-bond donors (Lipinski definition) is 1. The minimum Gasteiger partial charge on any atom is -0.301 e. The third kappa shape index (κ3) is 3.01. The first-order chi connectivity index (χ1) is 12.6. The summed E-state index contributed by atoms with van der Waals surface area (Å²) < 4.78 is 1.74. The van der Waals surface area contributed by atoms with E-state index in [2.05, 4.69) is 33.0 Å². The molecular weight excluding hydrogens is 346 g/mol. The lowest BCUT2D eigenvalue weighted by Gasteiger charge is -2.09. The van der Waals surface area contributed by atoms with E-state index in [1.807, 2.05) is 37.4 Å². The molecule has 3 aromatic heterocycles. The Bertz CT molecular complexity index is 1130. The fourth-order valence-corrected chi connectivity index (χ4v) is 3.53. The van der Waals surface area contributed by atoms with Crippen LogP contribution in [-0.4, -0.2) is 24.7 Å². The molecule has 0 aliphatic rings. The summed E-state index contributed by atoms with van der Waals surface area (Å²) in [5.41, 5.74) is 4.67. The number of H-pyrrole nitrogens is 1. The molecule has 0 spiro atoms. The maximum absolute atomic E-state index is 12.4. The van der Waals surface area contributed by atoms with E-state index in [0.29, 0.717) is 21.9 Å². The molecule has 0 bridgehead atoms. The van der Waals surface area contributed by atoms with Crippen LogP contribution in [0.5, 0.6) is 0 Å². The largest absolute Gasteiger partial charge is 0.301 e. The number of aryl methyl sites for hydroxylation is 1. The van der Waals surface area contributed by atoms with Crippen LogP contribution in [0, 0.1) is 13.8 Å². The molecule has 3 heterocycles. The van der Waals surface area contributed by atoms with E-state index in [-0.39, 0.29) is 5.56 Å². The van der Waals surface area contributed by atoms with Crippen molar-refractivity contribution >= 4 is 22.8 Å². The van der Waals surface area contributed by atoms with Crippen LogP contribution in [0.2, 0.25) is 0 Å². The second-order valence-electron chi connectivity index (χ2n) is 6.03. The van der Waals surface area contributed by atoms with Gasteiger partial charge in [-0.05, 0) is 42.7 Å². The highest BCUT2D eigenvalue weighted by Gasteiger charge is 2.14. The molecule has 4 aromatic rings. The Hall–Kier alpha value is -2.93. The zero-order valence-corrected chi connectivity index (χ0v) is 15.2. The van der Waals surface area contributed by atoms with Gasteiger partial charge in [0.05, 0.1) is 11.9 Å². The Morgan fingerprint density at radius 2 is 2.04 bits per heavy atom. The number of hydrogen-bond acceptors (Lipinski definition) is 5. The smallest absolute Gasteiger partial charge is 0.262 e. The minimum atomic E-state index is -0.180. The molecule has 1 N–H and O–H groups in total. The molecule has 0 fully saturated rings. The first-order valence-electron chi connectivity index (χ1n) is 8.20. The molecule has 0 amide bonds. The molecular formula is C19H17N5OS. The molecule has 4 rings (SSSR count). The topological polar surface area (TPSA) is 76.5 Å². The van der Waals surface area contributed by atoms with Gasteiger partial charge in [0.1, 0.15) is 5.39 Å². The van der Waals surface area contributed by atoms with E-state index in [9.17, 15) is 4.79 Å². The van der Waals surface area contributed by atoms with Gasteiger partial charge >= 0.3 is 0 Å². The number of aromatic nitrogens is 5. The number of thioether (sulfide) groups is 1. The van der Waals surface area contributed by atoms with E-state index >= 15 is 0 Å². The van der Waals surface area contributed by atoms with Crippen molar-refractivity contribution in [2.24, 2.45) is 0 Å². The third-order valence-corrected chi connectivity index (χ3v) is 5.26. The Kier molecular flexibility index (Phi) is 4.30. The van der Waals surface area contributed by atoms with Gasteiger partial charge in [0.2, 0.25) is 0 Å². The van der Waals surface area contributed by atoms with E-state index in [1.54, 1.807) is 17.1 Å². The van der Waals surface area contributed by atoms with Gasteiger partial charge in [0.15, 0.2) is 10.8 Å². The van der Waals surface area contributed by atoms with Crippen LogP contribution in [0.4, 0.5) is 0 Å². The zero-order valence-electron chi connectivity index (χ0n) is 14.4. The Balaban J connectivity index is 1.76. The van der Waals surface area contributed by atoms with Crippen LogP contribution < -0.4 is 5.56 Å². The summed E-state index contributed by atoms with van der Waals surface area (Å²) in [6, 6.07) is 9.91. The molecule has 0 aliphatic heterocycles. The van der Waals surface area contributed by atoms with E-state index < -0.39 is 0 Å². The maximum Gasteiger partial charge on any atom is 0.262 e. The van der Waals surface area contributed by atoms with Gasteiger partial charge in [0.25, 0.3) is 5.56 Å². The number of fused-ring (bicyclic) bond motifs is 1. The van der Waals surface area contributed by atoms with Gasteiger partial charge in [-0.15, -0.1) is 0 Å². The SMILES string of the molecule is Cc1cccc(-n2ncc3c(=O)[nH]c(SCc4cccnc4)nc32)c1C. The summed E-state index contributed by atoms with van der Waals surface area (Å²) in [6.45, 7) is 4.10. The number of aromatic amines is 1. The third-order valence-electron chi connectivity index (χ3n) is 4.32. The first-order valence-corrected chi connectivity index (χ1v) is 9.18. The van der Waals surface area contributed by atoms with Crippen molar-refractivity contribution in [3.8, 4) is 5.69 Å². The van der Waals surface area contributed by atoms with E-state index in [0.717, 1.165) is 16.8 Å². The fourth-order valence-electron chi connectivity index (χ4n) is 2.74. The van der Waals surface area contributed by atoms with Crippen molar-refractivity contribution < 1.29 is 0 Å². The molecule has 7 heteroatoms. The molecule has 0 atom stereocenters.